The number of tetrazole rings is 1. The zero-order valence-electron chi connectivity index (χ0n) is 11.4. The van der Waals surface area contributed by atoms with Crippen molar-refractivity contribution in [3.8, 4) is 5.69 Å². The number of rotatable bonds is 4. The summed E-state index contributed by atoms with van der Waals surface area (Å²) in [7, 11) is 0. The van der Waals surface area contributed by atoms with Gasteiger partial charge in [-0.15, -0.1) is 5.10 Å². The minimum absolute atomic E-state index is 0.0432. The zero-order valence-corrected chi connectivity index (χ0v) is 11.4. The van der Waals surface area contributed by atoms with E-state index in [2.05, 4.69) is 20.8 Å². The Hall–Kier alpha value is -2.76. The summed E-state index contributed by atoms with van der Waals surface area (Å²) in [5, 5.41) is 14.5. The number of benzene rings is 2. The minimum Gasteiger partial charge on any atom is -0.377 e. The highest BCUT2D eigenvalue weighted by Crippen LogP contribution is 2.24. The Morgan fingerprint density at radius 3 is 2.76 bits per heavy atom. The first-order chi connectivity index (χ1) is 10.2. The van der Waals surface area contributed by atoms with E-state index in [1.165, 1.54) is 18.5 Å². The quantitative estimate of drug-likeness (QED) is 0.799. The third kappa shape index (κ3) is 2.89. The number of nitrogens with zero attached hydrogens (tertiary/aromatic N) is 4. The van der Waals surface area contributed by atoms with E-state index in [-0.39, 0.29) is 11.9 Å². The summed E-state index contributed by atoms with van der Waals surface area (Å²) in [5.74, 6) is -0.241. The van der Waals surface area contributed by atoms with Crippen molar-refractivity contribution in [2.24, 2.45) is 0 Å². The Morgan fingerprint density at radius 2 is 2.00 bits per heavy atom. The minimum atomic E-state index is -0.241. The maximum absolute atomic E-state index is 13.3. The highest BCUT2D eigenvalue weighted by Gasteiger charge is 2.10. The predicted octanol–water partition coefficient (Wildman–Crippen LogP) is 2.97. The Kier molecular flexibility index (Phi) is 3.59. The molecule has 21 heavy (non-hydrogen) atoms. The molecule has 0 aliphatic carbocycles. The molecule has 6 heteroatoms. The van der Waals surface area contributed by atoms with Crippen molar-refractivity contribution < 1.29 is 4.39 Å². The fraction of sp³-hybridized carbons (Fsp3) is 0.133. The van der Waals surface area contributed by atoms with Gasteiger partial charge < -0.3 is 5.32 Å². The molecule has 0 aliphatic heterocycles. The van der Waals surface area contributed by atoms with Gasteiger partial charge in [0, 0.05) is 6.04 Å². The van der Waals surface area contributed by atoms with Gasteiger partial charge in [0.05, 0.1) is 11.4 Å². The highest BCUT2D eigenvalue weighted by atomic mass is 19.1. The molecule has 0 saturated carbocycles. The summed E-state index contributed by atoms with van der Waals surface area (Å²) in [6.45, 7) is 1.98. The highest BCUT2D eigenvalue weighted by molar-refractivity contribution is 5.61. The average molecular weight is 283 g/mol. The molecule has 5 nitrogen and oxygen atoms in total. The Balaban J connectivity index is 1.88. The van der Waals surface area contributed by atoms with E-state index in [1.54, 1.807) is 10.7 Å². The summed E-state index contributed by atoms with van der Waals surface area (Å²) in [5.41, 5.74) is 2.59. The van der Waals surface area contributed by atoms with Crippen molar-refractivity contribution in [1.29, 1.82) is 0 Å². The molecule has 1 atom stereocenters. The summed E-state index contributed by atoms with van der Waals surface area (Å²) in [6.07, 6.45) is 1.54. The van der Waals surface area contributed by atoms with Crippen LogP contribution in [0.4, 0.5) is 10.1 Å². The Bertz CT molecular complexity index is 726. The lowest BCUT2D eigenvalue weighted by Gasteiger charge is -2.18. The monoisotopic (exact) mass is 283 g/mol. The van der Waals surface area contributed by atoms with Gasteiger partial charge in [0.2, 0.25) is 0 Å². The second-order valence-electron chi connectivity index (χ2n) is 4.69. The number of halogens is 1. The van der Waals surface area contributed by atoms with Gasteiger partial charge >= 0.3 is 0 Å². The maximum atomic E-state index is 13.3. The van der Waals surface area contributed by atoms with Crippen LogP contribution in [-0.4, -0.2) is 20.2 Å². The molecule has 0 bridgehead atoms. The number of nitrogens with one attached hydrogen (secondary N) is 1. The Morgan fingerprint density at radius 1 is 1.14 bits per heavy atom. The van der Waals surface area contributed by atoms with E-state index >= 15 is 0 Å². The smallest absolute Gasteiger partial charge is 0.143 e. The molecule has 0 spiro atoms. The molecular weight excluding hydrogens is 269 g/mol. The second-order valence-corrected chi connectivity index (χ2v) is 4.69. The van der Waals surface area contributed by atoms with Crippen LogP contribution < -0.4 is 5.32 Å². The number of para-hydroxylation sites is 2. The van der Waals surface area contributed by atoms with E-state index in [4.69, 9.17) is 0 Å². The topological polar surface area (TPSA) is 55.6 Å². The van der Waals surface area contributed by atoms with Gasteiger partial charge in [0.15, 0.2) is 0 Å². The first-order valence-corrected chi connectivity index (χ1v) is 6.58. The molecule has 0 aliphatic rings. The first-order valence-electron chi connectivity index (χ1n) is 6.58. The summed E-state index contributed by atoms with van der Waals surface area (Å²) in [4.78, 5) is 0. The lowest BCUT2D eigenvalue weighted by atomic mass is 10.1. The van der Waals surface area contributed by atoms with Gasteiger partial charge in [0.1, 0.15) is 12.1 Å². The van der Waals surface area contributed by atoms with Crippen LogP contribution in [0.25, 0.3) is 5.69 Å². The first kappa shape index (κ1) is 13.2. The van der Waals surface area contributed by atoms with E-state index < -0.39 is 0 Å². The SMILES string of the molecule is CC(Nc1ccccc1-n1cnnn1)c1cccc(F)c1. The second kappa shape index (κ2) is 5.70. The molecule has 0 saturated heterocycles. The van der Waals surface area contributed by atoms with Gasteiger partial charge in [0.25, 0.3) is 0 Å². The molecule has 3 aromatic rings. The van der Waals surface area contributed by atoms with Gasteiger partial charge in [-0.3, -0.25) is 0 Å². The van der Waals surface area contributed by atoms with Gasteiger partial charge in [-0.25, -0.2) is 4.39 Å². The number of hydrogen-bond acceptors (Lipinski definition) is 4. The van der Waals surface area contributed by atoms with E-state index in [0.29, 0.717) is 0 Å². The molecule has 0 amide bonds. The van der Waals surface area contributed by atoms with Crippen molar-refractivity contribution in [1.82, 2.24) is 20.2 Å². The number of aromatic nitrogens is 4. The van der Waals surface area contributed by atoms with Crippen molar-refractivity contribution in [3.63, 3.8) is 0 Å². The van der Waals surface area contributed by atoms with Crippen LogP contribution in [0.3, 0.4) is 0 Å². The summed E-state index contributed by atoms with van der Waals surface area (Å²) < 4.78 is 14.9. The van der Waals surface area contributed by atoms with Gasteiger partial charge in [-0.05, 0) is 47.2 Å². The predicted molar refractivity (Wildman–Crippen MR) is 77.6 cm³/mol. The number of hydrogen-bond donors (Lipinski definition) is 1. The average Bonchev–Trinajstić information content (AvgIpc) is 3.02. The van der Waals surface area contributed by atoms with Crippen LogP contribution in [0, 0.1) is 5.82 Å². The van der Waals surface area contributed by atoms with E-state index in [9.17, 15) is 4.39 Å². The van der Waals surface area contributed by atoms with E-state index in [0.717, 1.165) is 16.9 Å². The van der Waals surface area contributed by atoms with Crippen LogP contribution >= 0.6 is 0 Å². The molecule has 1 aromatic heterocycles. The molecule has 106 valence electrons. The molecule has 2 aromatic carbocycles. The maximum Gasteiger partial charge on any atom is 0.143 e. The van der Waals surface area contributed by atoms with Gasteiger partial charge in [-0.2, -0.15) is 4.68 Å². The lowest BCUT2D eigenvalue weighted by Crippen LogP contribution is -2.10. The molecule has 1 unspecified atom stereocenters. The van der Waals surface area contributed by atoms with Gasteiger partial charge in [-0.1, -0.05) is 24.3 Å². The van der Waals surface area contributed by atoms with Crippen molar-refractivity contribution >= 4 is 5.69 Å². The van der Waals surface area contributed by atoms with Crippen LogP contribution in [0.2, 0.25) is 0 Å². The van der Waals surface area contributed by atoms with Crippen LogP contribution in [-0.2, 0) is 0 Å². The fourth-order valence-electron chi connectivity index (χ4n) is 2.16. The largest absolute Gasteiger partial charge is 0.377 e. The van der Waals surface area contributed by atoms with E-state index in [1.807, 2.05) is 37.3 Å². The molecular formula is C15H14FN5. The molecule has 1 heterocycles. The lowest BCUT2D eigenvalue weighted by molar-refractivity contribution is 0.623. The molecule has 0 fully saturated rings. The normalized spacial score (nSPS) is 12.1. The van der Waals surface area contributed by atoms with Crippen LogP contribution in [0.15, 0.2) is 54.9 Å². The molecule has 1 N–H and O–H groups in total. The molecule has 0 radical (unpaired) electrons. The number of anilines is 1. The van der Waals surface area contributed by atoms with Crippen molar-refractivity contribution in [2.75, 3.05) is 5.32 Å². The zero-order chi connectivity index (χ0) is 14.7. The third-order valence-corrected chi connectivity index (χ3v) is 3.22. The standard InChI is InChI=1S/C15H14FN5/c1-11(12-5-4-6-13(16)9-12)18-14-7-2-3-8-15(14)21-10-17-19-20-21/h2-11,18H,1H3. The third-order valence-electron chi connectivity index (χ3n) is 3.22. The van der Waals surface area contributed by atoms with Crippen molar-refractivity contribution in [3.05, 3.63) is 66.2 Å². The summed E-state index contributed by atoms with van der Waals surface area (Å²) >= 11 is 0. The fourth-order valence-corrected chi connectivity index (χ4v) is 2.16. The van der Waals surface area contributed by atoms with Crippen molar-refractivity contribution in [2.45, 2.75) is 13.0 Å². The summed E-state index contributed by atoms with van der Waals surface area (Å²) in [6, 6.07) is 14.2. The Labute approximate surface area is 121 Å². The van der Waals surface area contributed by atoms with Crippen LogP contribution in [0.1, 0.15) is 18.5 Å². The van der Waals surface area contributed by atoms with Crippen LogP contribution in [0.5, 0.6) is 0 Å². The molecule has 3 rings (SSSR count).